The SMILES string of the molecule is C[C@H](NC(=O)CN(C)S(=O)(=O)c1ccc(Cl)cc1)c1ccc2c(c1)CCC2. The minimum Gasteiger partial charge on any atom is -0.348 e. The van der Waals surface area contributed by atoms with E-state index in [1.54, 1.807) is 0 Å². The Morgan fingerprint density at radius 2 is 1.81 bits per heavy atom. The predicted octanol–water partition coefficient (Wildman–Crippen LogP) is 3.33. The number of carbonyl (C=O) groups is 1. The van der Waals surface area contributed by atoms with Gasteiger partial charge in [0, 0.05) is 12.1 Å². The van der Waals surface area contributed by atoms with Gasteiger partial charge in [0.1, 0.15) is 0 Å². The highest BCUT2D eigenvalue weighted by Gasteiger charge is 2.24. The molecule has 1 aliphatic rings. The van der Waals surface area contributed by atoms with Gasteiger partial charge in [-0.25, -0.2) is 8.42 Å². The van der Waals surface area contributed by atoms with Crippen LogP contribution < -0.4 is 5.32 Å². The standard InChI is InChI=1S/C20H23ClN2O3S/c1-14(16-7-6-15-4-3-5-17(15)12-16)22-20(24)13-23(2)27(25,26)19-10-8-18(21)9-11-19/h6-12,14H,3-5,13H2,1-2H3,(H,22,24)/t14-/m0/s1. The minimum atomic E-state index is -3.75. The van der Waals surface area contributed by atoms with Crippen LogP contribution in [0.5, 0.6) is 0 Å². The van der Waals surface area contributed by atoms with Gasteiger partial charge in [-0.05, 0) is 67.1 Å². The van der Waals surface area contributed by atoms with Crippen molar-refractivity contribution < 1.29 is 13.2 Å². The van der Waals surface area contributed by atoms with Crippen LogP contribution in [0.3, 0.4) is 0 Å². The van der Waals surface area contributed by atoms with Crippen molar-refractivity contribution in [1.82, 2.24) is 9.62 Å². The van der Waals surface area contributed by atoms with Crippen molar-refractivity contribution in [2.75, 3.05) is 13.6 Å². The van der Waals surface area contributed by atoms with Gasteiger partial charge in [-0.15, -0.1) is 0 Å². The van der Waals surface area contributed by atoms with Gasteiger partial charge in [0.2, 0.25) is 15.9 Å². The number of amides is 1. The van der Waals surface area contributed by atoms with E-state index in [9.17, 15) is 13.2 Å². The van der Waals surface area contributed by atoms with Crippen LogP contribution >= 0.6 is 11.6 Å². The zero-order chi connectivity index (χ0) is 19.6. The van der Waals surface area contributed by atoms with Gasteiger partial charge >= 0.3 is 0 Å². The highest BCUT2D eigenvalue weighted by Crippen LogP contribution is 2.25. The lowest BCUT2D eigenvalue weighted by Gasteiger charge is -2.20. The van der Waals surface area contributed by atoms with E-state index in [1.807, 2.05) is 13.0 Å². The Kier molecular flexibility index (Phi) is 5.89. The van der Waals surface area contributed by atoms with Gasteiger partial charge in [-0.3, -0.25) is 4.79 Å². The zero-order valence-electron chi connectivity index (χ0n) is 15.4. The molecular weight excluding hydrogens is 384 g/mol. The molecule has 144 valence electrons. The Balaban J connectivity index is 1.63. The van der Waals surface area contributed by atoms with E-state index < -0.39 is 10.0 Å². The normalized spacial score (nSPS) is 14.8. The molecule has 0 aromatic heterocycles. The van der Waals surface area contributed by atoms with Crippen molar-refractivity contribution in [2.45, 2.75) is 37.1 Å². The summed E-state index contributed by atoms with van der Waals surface area (Å²) in [6, 6.07) is 12.0. The summed E-state index contributed by atoms with van der Waals surface area (Å²) in [6.45, 7) is 1.66. The van der Waals surface area contributed by atoms with Crippen LogP contribution in [-0.2, 0) is 27.7 Å². The van der Waals surface area contributed by atoms with E-state index in [4.69, 9.17) is 11.6 Å². The minimum absolute atomic E-state index is 0.105. The van der Waals surface area contributed by atoms with Crippen LogP contribution in [0.2, 0.25) is 5.02 Å². The fraction of sp³-hybridized carbons (Fsp3) is 0.350. The van der Waals surface area contributed by atoms with Crippen LogP contribution in [0.25, 0.3) is 0 Å². The Morgan fingerprint density at radius 1 is 1.15 bits per heavy atom. The Morgan fingerprint density at radius 3 is 2.52 bits per heavy atom. The van der Waals surface area contributed by atoms with Crippen molar-refractivity contribution in [3.8, 4) is 0 Å². The van der Waals surface area contributed by atoms with Crippen LogP contribution in [0.15, 0.2) is 47.4 Å². The second kappa shape index (κ2) is 8.00. The number of sulfonamides is 1. The Labute approximate surface area is 165 Å². The van der Waals surface area contributed by atoms with Crippen LogP contribution in [0.1, 0.15) is 36.1 Å². The highest BCUT2D eigenvalue weighted by atomic mass is 35.5. The van der Waals surface area contributed by atoms with Gasteiger partial charge in [0.15, 0.2) is 0 Å². The lowest BCUT2D eigenvalue weighted by atomic mass is 10.0. The lowest BCUT2D eigenvalue weighted by Crippen LogP contribution is -2.39. The molecule has 5 nitrogen and oxygen atoms in total. The third kappa shape index (κ3) is 4.51. The van der Waals surface area contributed by atoms with E-state index in [1.165, 1.54) is 48.9 Å². The van der Waals surface area contributed by atoms with E-state index in [0.29, 0.717) is 5.02 Å². The number of rotatable bonds is 6. The molecule has 0 spiro atoms. The monoisotopic (exact) mass is 406 g/mol. The van der Waals surface area contributed by atoms with Gasteiger partial charge in [0.25, 0.3) is 0 Å². The van der Waals surface area contributed by atoms with Gasteiger partial charge in [0.05, 0.1) is 17.5 Å². The molecule has 0 aliphatic heterocycles. The molecule has 0 bridgehead atoms. The highest BCUT2D eigenvalue weighted by molar-refractivity contribution is 7.89. The molecule has 1 N–H and O–H groups in total. The van der Waals surface area contributed by atoms with E-state index in [0.717, 1.165) is 22.7 Å². The summed E-state index contributed by atoms with van der Waals surface area (Å²) in [5.41, 5.74) is 3.76. The summed E-state index contributed by atoms with van der Waals surface area (Å²) in [5, 5.41) is 3.34. The fourth-order valence-electron chi connectivity index (χ4n) is 3.31. The predicted molar refractivity (Wildman–Crippen MR) is 106 cm³/mol. The number of halogens is 1. The molecule has 2 aromatic carbocycles. The molecule has 1 aliphatic carbocycles. The summed E-state index contributed by atoms with van der Waals surface area (Å²) in [7, 11) is -2.35. The second-order valence-electron chi connectivity index (χ2n) is 6.89. The van der Waals surface area contributed by atoms with Crippen LogP contribution in [-0.4, -0.2) is 32.2 Å². The molecule has 1 amide bonds. The van der Waals surface area contributed by atoms with Gasteiger partial charge < -0.3 is 5.32 Å². The molecule has 27 heavy (non-hydrogen) atoms. The number of benzene rings is 2. The maximum atomic E-state index is 12.6. The molecule has 1 atom stereocenters. The number of nitrogens with zero attached hydrogens (tertiary/aromatic N) is 1. The smallest absolute Gasteiger partial charge is 0.243 e. The summed E-state index contributed by atoms with van der Waals surface area (Å²) in [4.78, 5) is 12.5. The largest absolute Gasteiger partial charge is 0.348 e. The number of hydrogen-bond donors (Lipinski definition) is 1. The van der Waals surface area contributed by atoms with Crippen molar-refractivity contribution in [3.05, 3.63) is 64.2 Å². The summed E-state index contributed by atoms with van der Waals surface area (Å²) < 4.78 is 26.2. The molecule has 0 unspecified atom stereocenters. The van der Waals surface area contributed by atoms with Gasteiger partial charge in [-0.2, -0.15) is 4.31 Å². The molecule has 7 heteroatoms. The van der Waals surface area contributed by atoms with E-state index >= 15 is 0 Å². The summed E-state index contributed by atoms with van der Waals surface area (Å²) in [6.07, 6.45) is 3.36. The van der Waals surface area contributed by atoms with Crippen molar-refractivity contribution in [1.29, 1.82) is 0 Å². The molecule has 2 aromatic rings. The first-order valence-electron chi connectivity index (χ1n) is 8.90. The molecule has 0 fully saturated rings. The number of fused-ring (bicyclic) bond motifs is 1. The average molecular weight is 407 g/mol. The third-order valence-corrected chi connectivity index (χ3v) is 6.96. The van der Waals surface area contributed by atoms with E-state index in [-0.39, 0.29) is 23.4 Å². The average Bonchev–Trinajstić information content (AvgIpc) is 3.09. The number of nitrogens with one attached hydrogen (secondary N) is 1. The first kappa shape index (κ1) is 19.9. The maximum Gasteiger partial charge on any atom is 0.243 e. The Bertz CT molecular complexity index is 942. The summed E-state index contributed by atoms with van der Waals surface area (Å²) >= 11 is 5.80. The number of aryl methyl sites for hydroxylation is 2. The lowest BCUT2D eigenvalue weighted by molar-refractivity contribution is -0.121. The molecule has 0 heterocycles. The Hall–Kier alpha value is -1.89. The molecule has 0 radical (unpaired) electrons. The first-order chi connectivity index (χ1) is 12.8. The topological polar surface area (TPSA) is 66.5 Å². The molecule has 3 rings (SSSR count). The summed E-state index contributed by atoms with van der Waals surface area (Å²) in [5.74, 6) is -0.344. The van der Waals surface area contributed by atoms with Crippen molar-refractivity contribution in [3.63, 3.8) is 0 Å². The van der Waals surface area contributed by atoms with Gasteiger partial charge in [-0.1, -0.05) is 29.8 Å². The number of hydrogen-bond acceptors (Lipinski definition) is 3. The number of carbonyl (C=O) groups excluding carboxylic acids is 1. The number of likely N-dealkylation sites (N-methyl/N-ethyl adjacent to an activating group) is 1. The molecular formula is C20H23ClN2O3S. The van der Waals surface area contributed by atoms with Crippen molar-refractivity contribution >= 4 is 27.5 Å². The zero-order valence-corrected chi connectivity index (χ0v) is 17.0. The van der Waals surface area contributed by atoms with Crippen molar-refractivity contribution in [2.24, 2.45) is 0 Å². The first-order valence-corrected chi connectivity index (χ1v) is 10.7. The molecule has 0 saturated carbocycles. The second-order valence-corrected chi connectivity index (χ2v) is 9.37. The van der Waals surface area contributed by atoms with Crippen LogP contribution in [0.4, 0.5) is 0 Å². The maximum absolute atomic E-state index is 12.6. The van der Waals surface area contributed by atoms with Crippen LogP contribution in [0, 0.1) is 0 Å². The van der Waals surface area contributed by atoms with E-state index in [2.05, 4.69) is 17.4 Å². The fourth-order valence-corrected chi connectivity index (χ4v) is 4.56. The third-order valence-electron chi connectivity index (χ3n) is 4.89. The molecule has 0 saturated heterocycles. The quantitative estimate of drug-likeness (QED) is 0.800.